The van der Waals surface area contributed by atoms with Crippen molar-refractivity contribution < 1.29 is 0 Å². The third-order valence-electron chi connectivity index (χ3n) is 7.18. The number of aryl methyl sites for hydroxylation is 1. The number of aromatic nitrogens is 1. The number of benzene rings is 5. The highest BCUT2D eigenvalue weighted by Gasteiger charge is 2.26. The standard InChI is InChI=1S/C35H31N/c1-24-20-22-26(23-21-24)27-15-11-19-32(33(27)35(2,3)4)36-31-18-9-8-14-29(31)30-17-10-16-28(34(30)36)25-12-6-5-7-13-25/h5-23H,1-4H3. The van der Waals surface area contributed by atoms with Crippen LogP contribution >= 0.6 is 0 Å². The van der Waals surface area contributed by atoms with Gasteiger partial charge in [0.15, 0.2) is 0 Å². The molecule has 0 aliphatic heterocycles. The van der Waals surface area contributed by atoms with Gasteiger partial charge in [-0.05, 0) is 46.7 Å². The van der Waals surface area contributed by atoms with Crippen molar-refractivity contribution in [2.75, 3.05) is 0 Å². The highest BCUT2D eigenvalue weighted by molar-refractivity contribution is 6.14. The van der Waals surface area contributed by atoms with Crippen molar-refractivity contribution in [3.8, 4) is 27.9 Å². The van der Waals surface area contributed by atoms with E-state index in [1.807, 2.05) is 0 Å². The van der Waals surface area contributed by atoms with Crippen LogP contribution < -0.4 is 0 Å². The smallest absolute Gasteiger partial charge is 0.0619 e. The molecule has 6 rings (SSSR count). The van der Waals surface area contributed by atoms with Gasteiger partial charge < -0.3 is 4.57 Å². The van der Waals surface area contributed by atoms with Crippen LogP contribution in [0.2, 0.25) is 0 Å². The fraction of sp³-hybridized carbons (Fsp3) is 0.143. The summed E-state index contributed by atoms with van der Waals surface area (Å²) in [6.45, 7) is 9.13. The van der Waals surface area contributed by atoms with Crippen LogP contribution in [0, 0.1) is 6.92 Å². The SMILES string of the molecule is Cc1ccc(-c2cccc(-n3c4ccccc4c4cccc(-c5ccccc5)c43)c2C(C)(C)C)cc1. The van der Waals surface area contributed by atoms with Crippen LogP contribution in [0.4, 0.5) is 0 Å². The fourth-order valence-electron chi connectivity index (χ4n) is 5.61. The highest BCUT2D eigenvalue weighted by Crippen LogP contribution is 2.43. The molecule has 1 aromatic heterocycles. The van der Waals surface area contributed by atoms with Gasteiger partial charge in [-0.3, -0.25) is 0 Å². The maximum atomic E-state index is 2.51. The van der Waals surface area contributed by atoms with Crippen LogP contribution in [0.5, 0.6) is 0 Å². The highest BCUT2D eigenvalue weighted by atomic mass is 15.0. The lowest BCUT2D eigenvalue weighted by Gasteiger charge is -2.28. The van der Waals surface area contributed by atoms with Gasteiger partial charge in [-0.15, -0.1) is 0 Å². The first-order valence-electron chi connectivity index (χ1n) is 12.7. The molecule has 0 spiro atoms. The molecule has 1 heteroatoms. The van der Waals surface area contributed by atoms with Gasteiger partial charge in [0.1, 0.15) is 0 Å². The summed E-state index contributed by atoms with van der Waals surface area (Å²) in [4.78, 5) is 0. The monoisotopic (exact) mass is 465 g/mol. The minimum absolute atomic E-state index is 0.0593. The lowest BCUT2D eigenvalue weighted by molar-refractivity contribution is 0.589. The molecule has 0 aliphatic carbocycles. The minimum atomic E-state index is -0.0593. The summed E-state index contributed by atoms with van der Waals surface area (Å²) in [6, 6.07) is 42.0. The van der Waals surface area contributed by atoms with Gasteiger partial charge in [-0.2, -0.15) is 0 Å². The number of nitrogens with zero attached hydrogens (tertiary/aromatic N) is 1. The van der Waals surface area contributed by atoms with E-state index in [4.69, 9.17) is 0 Å². The summed E-state index contributed by atoms with van der Waals surface area (Å²) >= 11 is 0. The lowest BCUT2D eigenvalue weighted by Crippen LogP contribution is -2.17. The molecule has 0 atom stereocenters. The van der Waals surface area contributed by atoms with E-state index in [-0.39, 0.29) is 5.41 Å². The molecule has 1 heterocycles. The predicted octanol–water partition coefficient (Wildman–Crippen LogP) is 9.72. The van der Waals surface area contributed by atoms with Gasteiger partial charge in [0.2, 0.25) is 0 Å². The Labute approximate surface area is 213 Å². The lowest BCUT2D eigenvalue weighted by atomic mass is 9.80. The average Bonchev–Trinajstić information content (AvgIpc) is 3.23. The summed E-state index contributed by atoms with van der Waals surface area (Å²) in [5, 5.41) is 2.57. The van der Waals surface area contributed by atoms with Crippen molar-refractivity contribution in [3.05, 3.63) is 126 Å². The number of rotatable bonds is 3. The van der Waals surface area contributed by atoms with E-state index in [1.165, 1.54) is 60.9 Å². The van der Waals surface area contributed by atoms with E-state index in [2.05, 4.69) is 148 Å². The first-order valence-corrected chi connectivity index (χ1v) is 12.7. The van der Waals surface area contributed by atoms with Crippen molar-refractivity contribution >= 4 is 21.8 Å². The third kappa shape index (κ3) is 3.63. The van der Waals surface area contributed by atoms with E-state index in [9.17, 15) is 0 Å². The molecule has 0 radical (unpaired) electrons. The number of fused-ring (bicyclic) bond motifs is 3. The topological polar surface area (TPSA) is 4.93 Å². The van der Waals surface area contributed by atoms with Crippen molar-refractivity contribution in [1.82, 2.24) is 4.57 Å². The second-order valence-corrected chi connectivity index (χ2v) is 10.7. The van der Waals surface area contributed by atoms with E-state index < -0.39 is 0 Å². The largest absolute Gasteiger partial charge is 0.308 e. The first kappa shape index (κ1) is 22.4. The van der Waals surface area contributed by atoms with Crippen molar-refractivity contribution in [1.29, 1.82) is 0 Å². The van der Waals surface area contributed by atoms with Crippen LogP contribution in [0.1, 0.15) is 31.9 Å². The zero-order valence-electron chi connectivity index (χ0n) is 21.4. The molecule has 5 aromatic carbocycles. The normalized spacial score (nSPS) is 11.9. The molecule has 0 aliphatic rings. The zero-order valence-corrected chi connectivity index (χ0v) is 21.4. The second kappa shape index (κ2) is 8.53. The van der Waals surface area contributed by atoms with Crippen LogP contribution in [-0.2, 0) is 5.41 Å². The predicted molar refractivity (Wildman–Crippen MR) is 155 cm³/mol. The van der Waals surface area contributed by atoms with Crippen molar-refractivity contribution in [2.45, 2.75) is 33.1 Å². The summed E-state index contributed by atoms with van der Waals surface area (Å²) in [5.74, 6) is 0. The van der Waals surface area contributed by atoms with Crippen LogP contribution in [0.15, 0.2) is 115 Å². The molecule has 176 valence electrons. The molecule has 0 saturated heterocycles. The molecule has 6 aromatic rings. The fourth-order valence-corrected chi connectivity index (χ4v) is 5.61. The second-order valence-electron chi connectivity index (χ2n) is 10.7. The number of para-hydroxylation sites is 2. The van der Waals surface area contributed by atoms with Gasteiger partial charge in [-0.25, -0.2) is 0 Å². The minimum Gasteiger partial charge on any atom is -0.308 e. The van der Waals surface area contributed by atoms with E-state index in [0.29, 0.717) is 0 Å². The quantitative estimate of drug-likeness (QED) is 0.245. The maximum absolute atomic E-state index is 2.51. The van der Waals surface area contributed by atoms with Gasteiger partial charge in [0, 0.05) is 16.3 Å². The van der Waals surface area contributed by atoms with Gasteiger partial charge in [0.25, 0.3) is 0 Å². The van der Waals surface area contributed by atoms with Crippen LogP contribution in [0.25, 0.3) is 49.7 Å². The molecule has 1 nitrogen and oxygen atoms in total. The third-order valence-corrected chi connectivity index (χ3v) is 7.18. The maximum Gasteiger partial charge on any atom is 0.0619 e. The molecule has 0 unspecified atom stereocenters. The Bertz CT molecular complexity index is 1690. The number of hydrogen-bond acceptors (Lipinski definition) is 0. The van der Waals surface area contributed by atoms with Crippen LogP contribution in [0.3, 0.4) is 0 Å². The molecular weight excluding hydrogens is 434 g/mol. The van der Waals surface area contributed by atoms with E-state index in [0.717, 1.165) is 0 Å². The first-order chi connectivity index (χ1) is 17.4. The van der Waals surface area contributed by atoms with Crippen LogP contribution in [-0.4, -0.2) is 4.57 Å². The summed E-state index contributed by atoms with van der Waals surface area (Å²) in [7, 11) is 0. The van der Waals surface area contributed by atoms with Gasteiger partial charge in [0.05, 0.1) is 16.7 Å². The Morgan fingerprint density at radius 2 is 1.14 bits per heavy atom. The number of hydrogen-bond donors (Lipinski definition) is 0. The summed E-state index contributed by atoms with van der Waals surface area (Å²) in [6.07, 6.45) is 0. The summed E-state index contributed by atoms with van der Waals surface area (Å²) < 4.78 is 2.51. The van der Waals surface area contributed by atoms with Gasteiger partial charge in [-0.1, -0.05) is 129 Å². The summed E-state index contributed by atoms with van der Waals surface area (Å²) in [5.41, 5.74) is 11.4. The zero-order chi connectivity index (χ0) is 24.9. The van der Waals surface area contributed by atoms with Crippen molar-refractivity contribution in [2.24, 2.45) is 0 Å². The Morgan fingerprint density at radius 3 is 1.89 bits per heavy atom. The Hall–Kier alpha value is -4.10. The Kier molecular flexibility index (Phi) is 5.30. The molecule has 0 bridgehead atoms. The molecular formula is C35H31N. The molecule has 0 saturated carbocycles. The van der Waals surface area contributed by atoms with E-state index >= 15 is 0 Å². The molecule has 36 heavy (non-hydrogen) atoms. The Balaban J connectivity index is 1.77. The van der Waals surface area contributed by atoms with Gasteiger partial charge >= 0.3 is 0 Å². The average molecular weight is 466 g/mol. The van der Waals surface area contributed by atoms with E-state index in [1.54, 1.807) is 0 Å². The molecule has 0 fully saturated rings. The molecule has 0 amide bonds. The Morgan fingerprint density at radius 1 is 0.528 bits per heavy atom. The molecule has 0 N–H and O–H groups in total. The van der Waals surface area contributed by atoms with Crippen molar-refractivity contribution in [3.63, 3.8) is 0 Å².